The molecule has 118 valence electrons. The van der Waals surface area contributed by atoms with E-state index < -0.39 is 10.4 Å². The molecule has 0 saturated carbocycles. The maximum Gasteiger partial charge on any atom is 0.269 e. The van der Waals surface area contributed by atoms with Gasteiger partial charge in [-0.3, -0.25) is 9.78 Å². The second-order valence-electron chi connectivity index (χ2n) is 5.35. The molecule has 2 aliphatic rings. The van der Waals surface area contributed by atoms with Crippen LogP contribution >= 0.6 is 0 Å². The van der Waals surface area contributed by atoms with Crippen LogP contribution in [0.25, 0.3) is 0 Å². The third-order valence-corrected chi connectivity index (χ3v) is 4.98. The van der Waals surface area contributed by atoms with Crippen molar-refractivity contribution in [1.29, 1.82) is 0 Å². The topological polar surface area (TPSA) is 107 Å². The Morgan fingerprint density at radius 2 is 2.41 bits per heavy atom. The van der Waals surface area contributed by atoms with Gasteiger partial charge >= 0.3 is 0 Å². The molecule has 3 heterocycles. The normalized spacial score (nSPS) is 26.7. The van der Waals surface area contributed by atoms with E-state index in [-0.39, 0.29) is 36.7 Å². The number of nitrogens with one attached hydrogen (secondary N) is 1. The van der Waals surface area contributed by atoms with Crippen molar-refractivity contribution in [2.24, 2.45) is 11.1 Å². The fourth-order valence-electron chi connectivity index (χ4n) is 2.56. The molecule has 2 aliphatic heterocycles. The van der Waals surface area contributed by atoms with Crippen LogP contribution in [-0.2, 0) is 30.8 Å². The van der Waals surface area contributed by atoms with Crippen molar-refractivity contribution in [2.45, 2.75) is 12.6 Å². The van der Waals surface area contributed by atoms with Gasteiger partial charge in [0.25, 0.3) is 5.91 Å². The van der Waals surface area contributed by atoms with E-state index in [0.29, 0.717) is 6.54 Å². The van der Waals surface area contributed by atoms with E-state index in [1.165, 1.54) is 4.31 Å². The Balaban J connectivity index is 1.61. The van der Waals surface area contributed by atoms with Crippen LogP contribution in [0.15, 0.2) is 29.7 Å². The summed E-state index contributed by atoms with van der Waals surface area (Å²) in [5, 5.41) is 6.57. The minimum absolute atomic E-state index is 0.225. The summed E-state index contributed by atoms with van der Waals surface area (Å²) in [6.07, 6.45) is 4.09. The van der Waals surface area contributed by atoms with Crippen LogP contribution in [-0.4, -0.2) is 50.9 Å². The molecular weight excluding hydrogens is 308 g/mol. The molecule has 1 aromatic heterocycles. The molecule has 22 heavy (non-hydrogen) atoms. The zero-order valence-corrected chi connectivity index (χ0v) is 12.8. The summed E-state index contributed by atoms with van der Waals surface area (Å²) in [6, 6.07) is 3.64. The van der Waals surface area contributed by atoms with Crippen LogP contribution in [0.5, 0.6) is 0 Å². The minimum atomic E-state index is -3.29. The molecule has 1 saturated heterocycles. The number of aromatic nitrogens is 1. The average Bonchev–Trinajstić information content (AvgIpc) is 3.05. The summed E-state index contributed by atoms with van der Waals surface area (Å²) in [5.41, 5.74) is 1.12. The Bertz CT molecular complexity index is 645. The van der Waals surface area contributed by atoms with E-state index in [1.54, 1.807) is 18.5 Å². The first-order chi connectivity index (χ1) is 10.4. The van der Waals surface area contributed by atoms with Crippen LogP contribution < -0.4 is 5.32 Å². The zero-order valence-electron chi connectivity index (χ0n) is 12.0. The molecule has 0 aliphatic carbocycles. The number of nitrogens with zero attached hydrogens (tertiary/aromatic N) is 3. The molecule has 0 radical (unpaired) electrons. The predicted octanol–water partition coefficient (Wildman–Crippen LogP) is -0.441. The van der Waals surface area contributed by atoms with Gasteiger partial charge in [-0.25, -0.2) is 0 Å². The van der Waals surface area contributed by atoms with Crippen LogP contribution in [0.3, 0.4) is 0 Å². The Morgan fingerprint density at radius 1 is 1.59 bits per heavy atom. The lowest BCUT2D eigenvalue weighted by molar-refractivity contribution is -0.115. The average molecular weight is 324 g/mol. The number of hydrogen-bond acceptors (Lipinski definition) is 6. The summed E-state index contributed by atoms with van der Waals surface area (Å²) in [6.45, 7) is 0.786. The quantitative estimate of drug-likeness (QED) is 0.756. The lowest BCUT2D eigenvalue weighted by atomic mass is 10.0. The number of amides is 1. The molecule has 1 amide bonds. The van der Waals surface area contributed by atoms with Gasteiger partial charge in [0.15, 0.2) is 11.8 Å². The van der Waals surface area contributed by atoms with Crippen LogP contribution in [0.1, 0.15) is 5.56 Å². The van der Waals surface area contributed by atoms with Crippen molar-refractivity contribution in [3.63, 3.8) is 0 Å². The zero-order chi connectivity index (χ0) is 15.7. The van der Waals surface area contributed by atoms with Crippen LogP contribution in [0, 0.1) is 5.92 Å². The number of rotatable bonds is 4. The van der Waals surface area contributed by atoms with Crippen molar-refractivity contribution in [3.8, 4) is 0 Å². The first-order valence-electron chi connectivity index (χ1n) is 6.81. The Kier molecular flexibility index (Phi) is 3.94. The molecular formula is C13H16N4O4S. The first-order valence-corrected chi connectivity index (χ1v) is 8.66. The van der Waals surface area contributed by atoms with Crippen LogP contribution in [0.2, 0.25) is 0 Å². The number of fused-ring (bicyclic) bond motifs is 1. The minimum Gasteiger partial charge on any atom is -0.598 e. The van der Waals surface area contributed by atoms with E-state index >= 15 is 0 Å². The van der Waals surface area contributed by atoms with E-state index in [0.717, 1.165) is 11.8 Å². The van der Waals surface area contributed by atoms with Gasteiger partial charge in [-0.1, -0.05) is 15.4 Å². The number of oxime groups is 1. The highest BCUT2D eigenvalue weighted by molar-refractivity contribution is 7.94. The first kappa shape index (κ1) is 15.1. The Labute approximate surface area is 128 Å². The van der Waals surface area contributed by atoms with Crippen molar-refractivity contribution in [3.05, 3.63) is 30.1 Å². The van der Waals surface area contributed by atoms with Gasteiger partial charge in [-0.2, -0.15) is 0 Å². The number of sulfonamides is 1. The van der Waals surface area contributed by atoms with Crippen LogP contribution in [0.4, 0.5) is 0 Å². The summed E-state index contributed by atoms with van der Waals surface area (Å²) in [5.74, 6) is -0.657. The lowest BCUT2D eigenvalue weighted by Crippen LogP contribution is -2.38. The number of carbonyl (C=O) groups excluding carboxylic acids is 1. The van der Waals surface area contributed by atoms with E-state index in [2.05, 4.69) is 15.5 Å². The van der Waals surface area contributed by atoms with Gasteiger partial charge in [0, 0.05) is 18.9 Å². The van der Waals surface area contributed by atoms with Crippen molar-refractivity contribution in [1.82, 2.24) is 14.6 Å². The largest absolute Gasteiger partial charge is 0.598 e. The fourth-order valence-corrected chi connectivity index (χ4v) is 3.41. The van der Waals surface area contributed by atoms with Gasteiger partial charge in [0.2, 0.25) is 0 Å². The molecule has 0 spiro atoms. The Hall–Kier alpha value is -1.84. The molecule has 1 fully saturated rings. The standard InChI is InChI=1S/C13H16N4O4S/c1-22(19,20)17-7-10-11(8-17)21-16-12(10)13(18)15-6-9-3-2-4-14-5-9/h2-5,10-11H,6-8H2,1H3,(H-,15,18,19,20). The lowest BCUT2D eigenvalue weighted by Gasteiger charge is -2.19. The van der Waals surface area contributed by atoms with Gasteiger partial charge in [-0.15, -0.1) is 4.31 Å². The maximum absolute atomic E-state index is 12.2. The number of hydrogen-bond donors (Lipinski definition) is 1. The predicted molar refractivity (Wildman–Crippen MR) is 78.2 cm³/mol. The smallest absolute Gasteiger partial charge is 0.269 e. The second kappa shape index (κ2) is 5.75. The summed E-state index contributed by atoms with van der Waals surface area (Å²) in [4.78, 5) is 21.4. The number of pyridine rings is 1. The fraction of sp³-hybridized carbons (Fsp3) is 0.462. The molecule has 1 N–H and O–H groups in total. The van der Waals surface area contributed by atoms with E-state index in [1.807, 2.05) is 6.07 Å². The van der Waals surface area contributed by atoms with Crippen molar-refractivity contribution in [2.75, 3.05) is 19.3 Å². The molecule has 3 unspecified atom stereocenters. The summed E-state index contributed by atoms with van der Waals surface area (Å²) >= 11 is 0. The number of carbonyl (C=O) groups is 1. The molecule has 9 heteroatoms. The van der Waals surface area contributed by atoms with Crippen molar-refractivity contribution < 1.29 is 18.4 Å². The third kappa shape index (κ3) is 3.01. The van der Waals surface area contributed by atoms with E-state index in [4.69, 9.17) is 4.84 Å². The molecule has 1 aromatic rings. The molecule has 0 aromatic carbocycles. The Morgan fingerprint density at radius 3 is 3.09 bits per heavy atom. The van der Waals surface area contributed by atoms with Gasteiger partial charge in [-0.05, 0) is 11.6 Å². The molecule has 3 rings (SSSR count). The molecule has 8 nitrogen and oxygen atoms in total. The molecule has 0 bridgehead atoms. The van der Waals surface area contributed by atoms with Gasteiger partial charge in [0.05, 0.1) is 19.0 Å². The third-order valence-electron chi connectivity index (χ3n) is 3.75. The monoisotopic (exact) mass is 324 g/mol. The van der Waals surface area contributed by atoms with Crippen molar-refractivity contribution >= 4 is 22.0 Å². The SMILES string of the molecule is C[S+](=O)([O-])N1CC2ON=C(C(=O)NCc3cccnc3)C2C1. The highest BCUT2D eigenvalue weighted by Gasteiger charge is 2.49. The van der Waals surface area contributed by atoms with Gasteiger partial charge in [0.1, 0.15) is 16.7 Å². The summed E-state index contributed by atoms with van der Waals surface area (Å²) < 4.78 is 24.5. The highest BCUT2D eigenvalue weighted by atomic mass is 32.3. The molecule has 3 atom stereocenters. The van der Waals surface area contributed by atoms with E-state index in [9.17, 15) is 13.6 Å². The van der Waals surface area contributed by atoms with Gasteiger partial charge < -0.3 is 14.7 Å². The summed E-state index contributed by atoms with van der Waals surface area (Å²) in [7, 11) is -3.29. The highest BCUT2D eigenvalue weighted by Crippen LogP contribution is 2.29. The maximum atomic E-state index is 12.2. The second-order valence-corrected chi connectivity index (χ2v) is 7.33.